The monoisotopic (exact) mass is 579 g/mol. The van der Waals surface area contributed by atoms with Crippen LogP contribution in [-0.2, 0) is 16.6 Å². The normalized spacial score (nSPS) is 19.5. The second-order valence-electron chi connectivity index (χ2n) is 13.2. The average molecular weight is 580 g/mol. The van der Waals surface area contributed by atoms with Gasteiger partial charge in [0.15, 0.2) is 0 Å². The number of anilines is 2. The van der Waals surface area contributed by atoms with Crippen LogP contribution in [0, 0.1) is 24.7 Å². The summed E-state index contributed by atoms with van der Waals surface area (Å²) in [5.41, 5.74) is 4.79. The Morgan fingerprint density at radius 3 is 2.28 bits per heavy atom. The molecule has 2 aliphatic rings. The van der Waals surface area contributed by atoms with Crippen molar-refractivity contribution in [3.63, 3.8) is 0 Å². The van der Waals surface area contributed by atoms with Crippen LogP contribution in [0.3, 0.4) is 0 Å². The van der Waals surface area contributed by atoms with Crippen molar-refractivity contribution in [3.8, 4) is 17.5 Å². The topological polar surface area (TPSA) is 79.3 Å². The molecule has 2 aromatic carbocycles. The Kier molecular flexibility index (Phi) is 9.25. The molecule has 0 spiro atoms. The fraction of sp³-hybridized carbons (Fsp3) is 0.472. The number of nitrogens with zero attached hydrogens (tertiary/aromatic N) is 3. The molecule has 0 aliphatic carbocycles. The number of benzene rings is 2. The lowest BCUT2D eigenvalue weighted by Crippen LogP contribution is -2.46. The molecule has 3 aromatic rings. The summed E-state index contributed by atoms with van der Waals surface area (Å²) < 4.78 is 1.79. The van der Waals surface area contributed by atoms with Gasteiger partial charge in [-0.1, -0.05) is 69.9 Å². The molecule has 7 heteroatoms. The standard InChI is InChI=1S/C36H45N5O2/c1-6-7-8-9-10-34(42)40-30-19-20-31(40)23-27(22-30)21-26-13-15-28(16-14-26)37-35(43)38-33-24-32(36(3,4)5)39-41(33)29-17-11-25(2)12-18-29/h11-18,24,27,30-31H,6-8,19-23H2,1-5H3,(H2,37,38,43). The molecule has 7 nitrogen and oxygen atoms in total. The number of piperidine rings is 1. The van der Waals surface area contributed by atoms with Crippen molar-refractivity contribution in [2.75, 3.05) is 10.6 Å². The van der Waals surface area contributed by atoms with Crippen molar-refractivity contribution in [1.82, 2.24) is 14.7 Å². The van der Waals surface area contributed by atoms with Gasteiger partial charge in [-0.3, -0.25) is 10.1 Å². The van der Waals surface area contributed by atoms with Crippen molar-refractivity contribution < 1.29 is 9.59 Å². The van der Waals surface area contributed by atoms with Gasteiger partial charge in [0.2, 0.25) is 0 Å². The molecule has 2 unspecified atom stereocenters. The van der Waals surface area contributed by atoms with E-state index in [1.165, 1.54) is 11.1 Å². The molecular formula is C36H45N5O2. The number of aryl methyl sites for hydroxylation is 1. The molecule has 43 heavy (non-hydrogen) atoms. The average Bonchev–Trinajstić information content (AvgIpc) is 3.51. The van der Waals surface area contributed by atoms with Gasteiger partial charge in [0.05, 0.1) is 11.4 Å². The first-order chi connectivity index (χ1) is 20.6. The predicted molar refractivity (Wildman–Crippen MR) is 173 cm³/mol. The number of aromatic nitrogens is 2. The molecule has 2 atom stereocenters. The number of hydrogen-bond donors (Lipinski definition) is 2. The summed E-state index contributed by atoms with van der Waals surface area (Å²) in [6.45, 7) is 10.5. The van der Waals surface area contributed by atoms with E-state index >= 15 is 0 Å². The molecule has 2 fully saturated rings. The van der Waals surface area contributed by atoms with Gasteiger partial charge in [0.25, 0.3) is 5.91 Å². The van der Waals surface area contributed by atoms with Crippen molar-refractivity contribution in [2.45, 2.75) is 103 Å². The van der Waals surface area contributed by atoms with Gasteiger partial charge >= 0.3 is 6.03 Å². The highest BCUT2D eigenvalue weighted by atomic mass is 16.2. The summed E-state index contributed by atoms with van der Waals surface area (Å²) in [7, 11) is 0. The first-order valence-corrected chi connectivity index (χ1v) is 15.8. The predicted octanol–water partition coefficient (Wildman–Crippen LogP) is 7.63. The second-order valence-corrected chi connectivity index (χ2v) is 13.2. The minimum Gasteiger partial charge on any atom is -0.326 e. The van der Waals surface area contributed by atoms with E-state index < -0.39 is 0 Å². The lowest BCUT2D eigenvalue weighted by Gasteiger charge is -2.38. The third-order valence-corrected chi connectivity index (χ3v) is 8.65. The number of amides is 3. The number of urea groups is 1. The summed E-state index contributed by atoms with van der Waals surface area (Å²) in [4.78, 5) is 27.9. The number of carbonyl (C=O) groups excluding carboxylic acids is 2. The third kappa shape index (κ3) is 7.48. The zero-order valence-electron chi connectivity index (χ0n) is 26.2. The maximum Gasteiger partial charge on any atom is 0.324 e. The highest BCUT2D eigenvalue weighted by Crippen LogP contribution is 2.40. The Balaban J connectivity index is 1.18. The minimum absolute atomic E-state index is 0.0207. The fourth-order valence-electron chi connectivity index (χ4n) is 6.31. The van der Waals surface area contributed by atoms with Gasteiger partial charge in [0.1, 0.15) is 5.82 Å². The summed E-state index contributed by atoms with van der Waals surface area (Å²) in [5, 5.41) is 10.8. The van der Waals surface area contributed by atoms with E-state index in [0.717, 1.165) is 68.4 Å². The van der Waals surface area contributed by atoms with E-state index in [4.69, 9.17) is 5.10 Å². The number of hydrogen-bond acceptors (Lipinski definition) is 3. The molecule has 3 amide bonds. The van der Waals surface area contributed by atoms with Crippen LogP contribution in [0.5, 0.6) is 0 Å². The molecule has 5 rings (SSSR count). The summed E-state index contributed by atoms with van der Waals surface area (Å²) in [6.07, 6.45) is 8.17. The number of rotatable bonds is 7. The van der Waals surface area contributed by atoms with E-state index in [2.05, 4.69) is 67.2 Å². The Labute approximate surface area is 256 Å². The minimum atomic E-state index is -0.312. The van der Waals surface area contributed by atoms with Crippen LogP contribution in [0.15, 0.2) is 54.6 Å². The van der Waals surface area contributed by atoms with Crippen LogP contribution < -0.4 is 10.6 Å². The van der Waals surface area contributed by atoms with Gasteiger partial charge < -0.3 is 10.2 Å². The summed E-state index contributed by atoms with van der Waals surface area (Å²) in [5.74, 6) is 7.17. The lowest BCUT2D eigenvalue weighted by molar-refractivity contribution is -0.130. The van der Waals surface area contributed by atoms with Gasteiger partial charge in [-0.15, -0.1) is 0 Å². The molecule has 2 bridgehead atoms. The Hall–Kier alpha value is -4.05. The number of fused-ring (bicyclic) bond motifs is 2. The second kappa shape index (κ2) is 13.1. The maximum absolute atomic E-state index is 13.0. The van der Waals surface area contributed by atoms with Crippen LogP contribution in [0.25, 0.3) is 5.69 Å². The van der Waals surface area contributed by atoms with Gasteiger partial charge in [-0.2, -0.15) is 5.10 Å². The zero-order valence-corrected chi connectivity index (χ0v) is 26.2. The fourth-order valence-corrected chi connectivity index (χ4v) is 6.31. The highest BCUT2D eigenvalue weighted by molar-refractivity contribution is 5.99. The molecule has 2 aliphatic heterocycles. The van der Waals surface area contributed by atoms with Crippen LogP contribution in [0.1, 0.15) is 89.5 Å². The molecule has 1 aromatic heterocycles. The third-order valence-electron chi connectivity index (χ3n) is 8.65. The largest absolute Gasteiger partial charge is 0.326 e. The Morgan fingerprint density at radius 2 is 1.65 bits per heavy atom. The maximum atomic E-state index is 13.0. The van der Waals surface area contributed by atoms with Crippen LogP contribution in [0.2, 0.25) is 0 Å². The van der Waals surface area contributed by atoms with Gasteiger partial charge in [-0.05, 0) is 87.1 Å². The Morgan fingerprint density at radius 1 is 0.977 bits per heavy atom. The summed E-state index contributed by atoms with van der Waals surface area (Å²) >= 11 is 0. The summed E-state index contributed by atoms with van der Waals surface area (Å²) in [6, 6.07) is 18.5. The number of unbranched alkanes of at least 4 members (excludes halogenated alkanes) is 2. The van der Waals surface area contributed by atoms with Crippen LogP contribution >= 0.6 is 0 Å². The van der Waals surface area contributed by atoms with E-state index in [0.29, 0.717) is 23.8 Å². The quantitative estimate of drug-likeness (QED) is 0.223. The van der Waals surface area contributed by atoms with E-state index in [-0.39, 0.29) is 17.4 Å². The van der Waals surface area contributed by atoms with E-state index in [9.17, 15) is 9.59 Å². The van der Waals surface area contributed by atoms with Crippen molar-refractivity contribution in [1.29, 1.82) is 0 Å². The van der Waals surface area contributed by atoms with Crippen molar-refractivity contribution in [3.05, 3.63) is 71.4 Å². The van der Waals surface area contributed by atoms with Gasteiger partial charge in [0, 0.05) is 35.7 Å². The molecule has 0 saturated carbocycles. The number of nitrogens with one attached hydrogen (secondary N) is 2. The van der Waals surface area contributed by atoms with Crippen LogP contribution in [-0.4, -0.2) is 38.7 Å². The molecule has 226 valence electrons. The molecule has 0 radical (unpaired) electrons. The van der Waals surface area contributed by atoms with Crippen molar-refractivity contribution in [2.24, 2.45) is 5.92 Å². The van der Waals surface area contributed by atoms with Gasteiger partial charge in [-0.25, -0.2) is 9.48 Å². The molecular weight excluding hydrogens is 534 g/mol. The number of carbonyl (C=O) groups is 2. The molecule has 2 N–H and O–H groups in total. The first-order valence-electron chi connectivity index (χ1n) is 15.8. The van der Waals surface area contributed by atoms with E-state index in [1.807, 2.05) is 49.4 Å². The van der Waals surface area contributed by atoms with Crippen molar-refractivity contribution >= 4 is 23.4 Å². The lowest BCUT2D eigenvalue weighted by atomic mass is 9.85. The molecule has 2 saturated heterocycles. The van der Waals surface area contributed by atoms with Crippen LogP contribution in [0.4, 0.5) is 16.3 Å². The highest BCUT2D eigenvalue weighted by Gasteiger charge is 2.42. The SMILES string of the molecule is CCCCC#CC(=O)N1C2CCC1CC(Cc1ccc(NC(=O)Nc3cc(C(C)(C)C)nn3-c3ccc(C)cc3)cc1)C2. The zero-order chi connectivity index (χ0) is 30.6. The molecule has 3 heterocycles. The smallest absolute Gasteiger partial charge is 0.324 e. The Bertz CT molecular complexity index is 1470. The first kappa shape index (κ1) is 30.4. The van der Waals surface area contributed by atoms with E-state index in [1.54, 1.807) is 4.68 Å².